The molecule has 1 N–H and O–H groups in total. The van der Waals surface area contributed by atoms with Crippen LogP contribution in [0.2, 0.25) is 0 Å². The van der Waals surface area contributed by atoms with Gasteiger partial charge in [0.25, 0.3) is 0 Å². The number of halogens is 1. The third-order valence-electron chi connectivity index (χ3n) is 1.65. The van der Waals surface area contributed by atoms with E-state index in [2.05, 4.69) is 12.2 Å². The van der Waals surface area contributed by atoms with E-state index >= 15 is 0 Å². The monoisotopic (exact) mass is 133 g/mol. The molecule has 0 amide bonds. The van der Waals surface area contributed by atoms with Gasteiger partial charge in [0.05, 0.1) is 0 Å². The van der Waals surface area contributed by atoms with E-state index in [1.54, 1.807) is 0 Å². The molecule has 0 saturated carbocycles. The molecule has 0 aliphatic carbocycles. The highest BCUT2D eigenvalue weighted by atomic mass is 35.5. The molecule has 1 fully saturated rings. The fourth-order valence-corrected chi connectivity index (χ4v) is 1.39. The summed E-state index contributed by atoms with van der Waals surface area (Å²) in [5.74, 6) is 0.768. The van der Waals surface area contributed by atoms with Crippen molar-refractivity contribution in [2.75, 3.05) is 5.88 Å². The molecule has 1 saturated heterocycles. The molecule has 0 radical (unpaired) electrons. The fraction of sp³-hybridized carbons (Fsp3) is 1.00. The van der Waals surface area contributed by atoms with Gasteiger partial charge in [-0.2, -0.15) is 0 Å². The van der Waals surface area contributed by atoms with Gasteiger partial charge >= 0.3 is 0 Å². The van der Waals surface area contributed by atoms with Gasteiger partial charge in [0.1, 0.15) is 0 Å². The summed E-state index contributed by atoms with van der Waals surface area (Å²) in [5.41, 5.74) is 0. The molecule has 8 heavy (non-hydrogen) atoms. The fourth-order valence-electron chi connectivity index (χ4n) is 1.14. The lowest BCUT2D eigenvalue weighted by molar-refractivity contribution is 0.600. The van der Waals surface area contributed by atoms with Crippen molar-refractivity contribution in [1.82, 2.24) is 5.32 Å². The van der Waals surface area contributed by atoms with Crippen molar-refractivity contribution in [3.05, 3.63) is 0 Å². The van der Waals surface area contributed by atoms with Crippen molar-refractivity contribution >= 4 is 11.6 Å². The first-order chi connectivity index (χ1) is 3.83. The molecule has 48 valence electrons. The van der Waals surface area contributed by atoms with Crippen molar-refractivity contribution in [2.24, 2.45) is 0 Å². The lowest BCUT2D eigenvalue weighted by Gasteiger charge is -2.05. The molecule has 1 aliphatic rings. The zero-order chi connectivity index (χ0) is 5.98. The zero-order valence-corrected chi connectivity index (χ0v) is 5.91. The van der Waals surface area contributed by atoms with Gasteiger partial charge in [-0.25, -0.2) is 0 Å². The largest absolute Gasteiger partial charge is 0.310 e. The van der Waals surface area contributed by atoms with E-state index in [4.69, 9.17) is 11.6 Å². The smallest absolute Gasteiger partial charge is 0.0377 e. The maximum atomic E-state index is 5.61. The van der Waals surface area contributed by atoms with E-state index < -0.39 is 0 Å². The lowest BCUT2D eigenvalue weighted by Crippen LogP contribution is -2.28. The highest BCUT2D eigenvalue weighted by molar-refractivity contribution is 6.18. The summed E-state index contributed by atoms with van der Waals surface area (Å²) in [4.78, 5) is 0. The Hall–Kier alpha value is 0.250. The third-order valence-corrected chi connectivity index (χ3v) is 2.03. The van der Waals surface area contributed by atoms with Gasteiger partial charge < -0.3 is 5.32 Å². The van der Waals surface area contributed by atoms with E-state index in [0.717, 1.165) is 5.88 Å². The summed E-state index contributed by atoms with van der Waals surface area (Å²) in [6, 6.07) is 1.28. The predicted octanol–water partition coefficient (Wildman–Crippen LogP) is 1.37. The Morgan fingerprint density at radius 2 is 2.38 bits per heavy atom. The quantitative estimate of drug-likeness (QED) is 0.533. The minimum Gasteiger partial charge on any atom is -0.310 e. The maximum Gasteiger partial charge on any atom is 0.0377 e. The summed E-state index contributed by atoms with van der Waals surface area (Å²) in [6.07, 6.45) is 2.54. The van der Waals surface area contributed by atoms with Gasteiger partial charge in [0.2, 0.25) is 0 Å². The Kier molecular flexibility index (Phi) is 2.15. The molecule has 0 aromatic heterocycles. The van der Waals surface area contributed by atoms with Crippen LogP contribution in [0.15, 0.2) is 0 Å². The summed E-state index contributed by atoms with van der Waals surface area (Å²) in [5, 5.41) is 3.37. The van der Waals surface area contributed by atoms with Crippen LogP contribution >= 0.6 is 11.6 Å². The SMILES string of the molecule is C[C@H]1CC[C@H](CCl)N1. The summed E-state index contributed by atoms with van der Waals surface area (Å²) >= 11 is 5.61. The van der Waals surface area contributed by atoms with Gasteiger partial charge in [0.15, 0.2) is 0 Å². The Balaban J connectivity index is 2.22. The highest BCUT2D eigenvalue weighted by Crippen LogP contribution is 2.11. The van der Waals surface area contributed by atoms with Crippen LogP contribution in [0.5, 0.6) is 0 Å². The first-order valence-corrected chi connectivity index (χ1v) is 3.68. The third kappa shape index (κ3) is 1.36. The van der Waals surface area contributed by atoms with Crippen LogP contribution in [0.25, 0.3) is 0 Å². The lowest BCUT2D eigenvalue weighted by atomic mass is 10.2. The Labute approximate surface area is 55.4 Å². The number of hydrogen-bond acceptors (Lipinski definition) is 1. The van der Waals surface area contributed by atoms with Crippen LogP contribution in [0.4, 0.5) is 0 Å². The molecule has 0 unspecified atom stereocenters. The van der Waals surface area contributed by atoms with Gasteiger partial charge in [-0.05, 0) is 19.8 Å². The van der Waals surface area contributed by atoms with E-state index in [1.165, 1.54) is 12.8 Å². The van der Waals surface area contributed by atoms with Gasteiger partial charge in [-0.1, -0.05) is 0 Å². The average molecular weight is 134 g/mol. The van der Waals surface area contributed by atoms with Crippen molar-refractivity contribution in [3.8, 4) is 0 Å². The molecule has 1 aliphatic heterocycles. The second kappa shape index (κ2) is 2.70. The molecule has 1 nitrogen and oxygen atoms in total. The Morgan fingerprint density at radius 3 is 2.62 bits per heavy atom. The van der Waals surface area contributed by atoms with Gasteiger partial charge in [0, 0.05) is 18.0 Å². The number of rotatable bonds is 1. The highest BCUT2D eigenvalue weighted by Gasteiger charge is 2.18. The average Bonchev–Trinajstić information content (AvgIpc) is 2.14. The normalized spacial score (nSPS) is 38.2. The van der Waals surface area contributed by atoms with Crippen LogP contribution in [0, 0.1) is 0 Å². The van der Waals surface area contributed by atoms with Crippen LogP contribution in [-0.4, -0.2) is 18.0 Å². The van der Waals surface area contributed by atoms with Crippen LogP contribution in [0.1, 0.15) is 19.8 Å². The maximum absolute atomic E-state index is 5.61. The summed E-state index contributed by atoms with van der Waals surface area (Å²) < 4.78 is 0. The molecule has 0 aromatic carbocycles. The van der Waals surface area contributed by atoms with E-state index in [0.29, 0.717) is 12.1 Å². The standard InChI is InChI=1S/C6H12ClN/c1-5-2-3-6(4-7)8-5/h5-6,8H,2-4H2,1H3/t5-,6+/m0/s1. The van der Waals surface area contributed by atoms with Crippen LogP contribution in [0.3, 0.4) is 0 Å². The van der Waals surface area contributed by atoms with E-state index in [-0.39, 0.29) is 0 Å². The minimum atomic E-state index is 0.590. The summed E-state index contributed by atoms with van der Waals surface area (Å²) in [7, 11) is 0. The summed E-state index contributed by atoms with van der Waals surface area (Å²) in [6.45, 7) is 2.20. The topological polar surface area (TPSA) is 12.0 Å². The molecule has 2 atom stereocenters. The molecular formula is C6H12ClN. The Morgan fingerprint density at radius 1 is 1.62 bits per heavy atom. The predicted molar refractivity (Wildman–Crippen MR) is 36.3 cm³/mol. The number of alkyl halides is 1. The van der Waals surface area contributed by atoms with Crippen molar-refractivity contribution in [1.29, 1.82) is 0 Å². The first kappa shape index (κ1) is 6.37. The molecule has 1 rings (SSSR count). The molecule has 0 bridgehead atoms. The van der Waals surface area contributed by atoms with Crippen molar-refractivity contribution in [2.45, 2.75) is 31.8 Å². The van der Waals surface area contributed by atoms with Gasteiger partial charge in [-0.3, -0.25) is 0 Å². The van der Waals surface area contributed by atoms with Crippen molar-refractivity contribution in [3.63, 3.8) is 0 Å². The van der Waals surface area contributed by atoms with Crippen LogP contribution in [-0.2, 0) is 0 Å². The Bertz CT molecular complexity index is 74.9. The molecule has 0 spiro atoms. The second-order valence-corrected chi connectivity index (χ2v) is 2.80. The molecule has 1 heterocycles. The first-order valence-electron chi connectivity index (χ1n) is 3.15. The van der Waals surface area contributed by atoms with E-state index in [9.17, 15) is 0 Å². The number of nitrogens with one attached hydrogen (secondary N) is 1. The minimum absolute atomic E-state index is 0.590. The van der Waals surface area contributed by atoms with E-state index in [1.807, 2.05) is 0 Å². The van der Waals surface area contributed by atoms with Gasteiger partial charge in [-0.15, -0.1) is 11.6 Å². The number of hydrogen-bond donors (Lipinski definition) is 1. The second-order valence-electron chi connectivity index (χ2n) is 2.50. The molecule has 0 aromatic rings. The molecular weight excluding hydrogens is 122 g/mol. The van der Waals surface area contributed by atoms with Crippen molar-refractivity contribution < 1.29 is 0 Å². The molecule has 2 heteroatoms. The van der Waals surface area contributed by atoms with Crippen LogP contribution < -0.4 is 5.32 Å². The zero-order valence-electron chi connectivity index (χ0n) is 5.15.